The fourth-order valence-corrected chi connectivity index (χ4v) is 2.85. The van der Waals surface area contributed by atoms with Crippen molar-refractivity contribution in [3.05, 3.63) is 11.4 Å². The smallest absolute Gasteiger partial charge is 0.222 e. The molecule has 20 heavy (non-hydrogen) atoms. The number of nitrogen functional groups attached to an aromatic ring is 1. The summed E-state index contributed by atoms with van der Waals surface area (Å²) in [6.07, 6.45) is 4.01. The second-order valence-electron chi connectivity index (χ2n) is 4.56. The van der Waals surface area contributed by atoms with Crippen LogP contribution in [0.15, 0.2) is 11.4 Å². The first-order chi connectivity index (χ1) is 9.24. The minimum Gasteiger partial charge on any atom is -0.396 e. The number of aliphatic hydroxyl groups is 1. The van der Waals surface area contributed by atoms with E-state index in [9.17, 15) is 0 Å². The monoisotopic (exact) mass is 314 g/mol. The number of unbranched alkanes of at least 4 members (excludes halogenated alkanes) is 1. The molecule has 2 heterocycles. The Morgan fingerprint density at radius 3 is 2.90 bits per heavy atom. The number of nitrogens with zero attached hydrogens (tertiary/aromatic N) is 2. The van der Waals surface area contributed by atoms with Gasteiger partial charge in [0.25, 0.3) is 0 Å². The first kappa shape index (κ1) is 17.0. The number of aromatic nitrogens is 2. The topological polar surface area (TPSA) is 84.1 Å². The molecule has 0 saturated heterocycles. The van der Waals surface area contributed by atoms with E-state index in [0.717, 1.165) is 41.7 Å². The molecule has 4 N–H and O–H groups in total. The number of rotatable bonds is 7. The summed E-state index contributed by atoms with van der Waals surface area (Å²) in [5.41, 5.74) is 6.60. The SMILES string of the molecule is CCCC[C@@H](CCO)Nc1nc(N)nc2ccsc12.S. The summed E-state index contributed by atoms with van der Waals surface area (Å²) in [7, 11) is 0. The average Bonchev–Trinajstić information content (AvgIpc) is 2.84. The maximum absolute atomic E-state index is 9.15. The fraction of sp³-hybridized carbons (Fsp3) is 0.538. The molecular formula is C13H22N4OS2. The Morgan fingerprint density at radius 2 is 2.20 bits per heavy atom. The molecule has 0 fully saturated rings. The van der Waals surface area contributed by atoms with Gasteiger partial charge in [0.2, 0.25) is 5.95 Å². The molecule has 112 valence electrons. The van der Waals surface area contributed by atoms with Crippen LogP contribution in [0.5, 0.6) is 0 Å². The third kappa shape index (κ3) is 4.22. The number of nitrogens with one attached hydrogen (secondary N) is 1. The number of aliphatic hydroxyl groups excluding tert-OH is 1. The summed E-state index contributed by atoms with van der Waals surface area (Å²) in [6, 6.07) is 2.17. The number of anilines is 2. The quantitative estimate of drug-likeness (QED) is 0.732. The van der Waals surface area contributed by atoms with Crippen LogP contribution in [-0.4, -0.2) is 27.7 Å². The van der Waals surface area contributed by atoms with Crippen LogP contribution in [0.3, 0.4) is 0 Å². The lowest BCUT2D eigenvalue weighted by Gasteiger charge is -2.18. The Hall–Kier alpha value is -1.05. The van der Waals surface area contributed by atoms with Crippen LogP contribution in [0.4, 0.5) is 11.8 Å². The van der Waals surface area contributed by atoms with Gasteiger partial charge < -0.3 is 16.2 Å². The second kappa shape index (κ2) is 8.28. The standard InChI is InChI=1S/C13H20N4OS.H2S/c1-2-3-4-9(5-7-18)15-12-11-10(6-8-19-11)16-13(14)17-12;/h6,8-9,18H,2-5,7H2,1H3,(H3,14,15,16,17);1H2/t9-;/m0./s1. The van der Waals surface area contributed by atoms with Crippen molar-refractivity contribution in [1.29, 1.82) is 0 Å². The zero-order chi connectivity index (χ0) is 13.7. The average molecular weight is 314 g/mol. The summed E-state index contributed by atoms with van der Waals surface area (Å²) in [5.74, 6) is 1.07. The molecule has 0 bridgehead atoms. The van der Waals surface area contributed by atoms with E-state index in [1.807, 2.05) is 11.4 Å². The van der Waals surface area contributed by atoms with Crippen LogP contribution in [0.2, 0.25) is 0 Å². The summed E-state index contributed by atoms with van der Waals surface area (Å²) in [6.45, 7) is 2.34. The van der Waals surface area contributed by atoms with Gasteiger partial charge in [-0.2, -0.15) is 18.5 Å². The zero-order valence-electron chi connectivity index (χ0n) is 11.6. The molecule has 2 aromatic rings. The maximum atomic E-state index is 9.15. The summed E-state index contributed by atoms with van der Waals surface area (Å²) in [5, 5.41) is 14.5. The van der Waals surface area contributed by atoms with Gasteiger partial charge in [-0.3, -0.25) is 0 Å². The van der Waals surface area contributed by atoms with Gasteiger partial charge in [-0.05, 0) is 24.3 Å². The zero-order valence-corrected chi connectivity index (χ0v) is 13.4. The Balaban J connectivity index is 0.00000200. The predicted octanol–water partition coefficient (Wildman–Crippen LogP) is 2.74. The third-order valence-corrected chi connectivity index (χ3v) is 3.96. The Labute approximate surface area is 130 Å². The molecule has 0 unspecified atom stereocenters. The predicted molar refractivity (Wildman–Crippen MR) is 90.8 cm³/mol. The highest BCUT2D eigenvalue weighted by molar-refractivity contribution is 7.59. The second-order valence-corrected chi connectivity index (χ2v) is 5.48. The normalized spacial score (nSPS) is 12.1. The van der Waals surface area contributed by atoms with E-state index in [1.165, 1.54) is 0 Å². The summed E-state index contributed by atoms with van der Waals surface area (Å²) >= 11 is 1.60. The van der Waals surface area contributed by atoms with E-state index in [2.05, 4.69) is 22.2 Å². The highest BCUT2D eigenvalue weighted by Crippen LogP contribution is 2.27. The van der Waals surface area contributed by atoms with Crippen molar-refractivity contribution >= 4 is 46.8 Å². The van der Waals surface area contributed by atoms with E-state index >= 15 is 0 Å². The molecule has 0 radical (unpaired) electrons. The molecule has 0 amide bonds. The van der Waals surface area contributed by atoms with Gasteiger partial charge in [-0.1, -0.05) is 19.8 Å². The van der Waals surface area contributed by atoms with E-state index in [-0.39, 0.29) is 32.1 Å². The number of hydrogen-bond acceptors (Lipinski definition) is 6. The lowest BCUT2D eigenvalue weighted by atomic mass is 10.1. The van der Waals surface area contributed by atoms with Crippen LogP contribution >= 0.6 is 24.8 Å². The van der Waals surface area contributed by atoms with Gasteiger partial charge in [0.1, 0.15) is 5.82 Å². The van der Waals surface area contributed by atoms with Crippen molar-refractivity contribution in [1.82, 2.24) is 9.97 Å². The van der Waals surface area contributed by atoms with Crippen molar-refractivity contribution in [3.63, 3.8) is 0 Å². The highest BCUT2D eigenvalue weighted by Gasteiger charge is 2.13. The van der Waals surface area contributed by atoms with Crippen molar-refractivity contribution in [2.24, 2.45) is 0 Å². The molecule has 0 aliphatic rings. The van der Waals surface area contributed by atoms with Crippen molar-refractivity contribution < 1.29 is 5.11 Å². The van der Waals surface area contributed by atoms with E-state index in [0.29, 0.717) is 0 Å². The molecule has 2 aromatic heterocycles. The molecule has 0 spiro atoms. The molecule has 0 aliphatic carbocycles. The molecule has 5 nitrogen and oxygen atoms in total. The Morgan fingerprint density at radius 1 is 1.40 bits per heavy atom. The molecular weight excluding hydrogens is 292 g/mol. The minimum absolute atomic E-state index is 0. The Bertz CT molecular complexity index is 532. The molecule has 1 atom stereocenters. The maximum Gasteiger partial charge on any atom is 0.222 e. The van der Waals surface area contributed by atoms with Crippen molar-refractivity contribution in [2.75, 3.05) is 17.7 Å². The lowest BCUT2D eigenvalue weighted by molar-refractivity contribution is 0.276. The number of thiophene rings is 1. The molecule has 0 aliphatic heterocycles. The summed E-state index contributed by atoms with van der Waals surface area (Å²) in [4.78, 5) is 8.49. The first-order valence-corrected chi connectivity index (χ1v) is 7.50. The summed E-state index contributed by atoms with van der Waals surface area (Å²) < 4.78 is 1.02. The molecule has 2 rings (SSSR count). The van der Waals surface area contributed by atoms with Gasteiger partial charge in [-0.15, -0.1) is 11.3 Å². The molecule has 0 saturated carbocycles. The van der Waals surface area contributed by atoms with Crippen molar-refractivity contribution in [2.45, 2.75) is 38.6 Å². The third-order valence-electron chi connectivity index (χ3n) is 3.05. The van der Waals surface area contributed by atoms with Crippen LogP contribution in [0, 0.1) is 0 Å². The van der Waals surface area contributed by atoms with Crippen LogP contribution in [0.25, 0.3) is 10.2 Å². The van der Waals surface area contributed by atoms with Gasteiger partial charge >= 0.3 is 0 Å². The van der Waals surface area contributed by atoms with Gasteiger partial charge in [0, 0.05) is 12.6 Å². The Kier molecular flexibility index (Phi) is 7.04. The highest BCUT2D eigenvalue weighted by atomic mass is 32.1. The lowest BCUT2D eigenvalue weighted by Crippen LogP contribution is -2.22. The van der Waals surface area contributed by atoms with Crippen LogP contribution in [-0.2, 0) is 0 Å². The van der Waals surface area contributed by atoms with Crippen LogP contribution < -0.4 is 11.1 Å². The van der Waals surface area contributed by atoms with Crippen molar-refractivity contribution in [3.8, 4) is 0 Å². The van der Waals surface area contributed by atoms with E-state index < -0.39 is 0 Å². The number of hydrogen-bond donors (Lipinski definition) is 3. The number of fused-ring (bicyclic) bond motifs is 1. The number of nitrogens with two attached hydrogens (primary N) is 1. The largest absolute Gasteiger partial charge is 0.396 e. The first-order valence-electron chi connectivity index (χ1n) is 6.62. The van der Waals surface area contributed by atoms with Crippen LogP contribution in [0.1, 0.15) is 32.6 Å². The van der Waals surface area contributed by atoms with E-state index in [1.54, 1.807) is 11.3 Å². The molecule has 7 heteroatoms. The molecule has 0 aromatic carbocycles. The minimum atomic E-state index is 0. The van der Waals surface area contributed by atoms with Gasteiger partial charge in [0.05, 0.1) is 10.2 Å². The van der Waals surface area contributed by atoms with Gasteiger partial charge in [-0.25, -0.2) is 4.98 Å². The van der Waals surface area contributed by atoms with Gasteiger partial charge in [0.15, 0.2) is 0 Å². The van der Waals surface area contributed by atoms with E-state index in [4.69, 9.17) is 10.8 Å². The fourth-order valence-electron chi connectivity index (χ4n) is 2.07.